The van der Waals surface area contributed by atoms with E-state index in [1.165, 1.54) is 0 Å². The molecular formula is C8H15N3O. The molecule has 0 saturated heterocycles. The molecule has 0 radical (unpaired) electrons. The maximum atomic E-state index is 11.1. The van der Waals surface area contributed by atoms with Gasteiger partial charge in [0, 0.05) is 19.3 Å². The molecule has 12 heavy (non-hydrogen) atoms. The van der Waals surface area contributed by atoms with Crippen molar-refractivity contribution in [2.24, 2.45) is 10.7 Å². The van der Waals surface area contributed by atoms with Crippen molar-refractivity contribution in [2.75, 3.05) is 13.6 Å². The Morgan fingerprint density at radius 3 is 2.58 bits per heavy atom. The Bertz CT molecular complexity index is 214. The zero-order chi connectivity index (χ0) is 9.56. The number of nitrogens with zero attached hydrogens (tertiary/aromatic N) is 1. The molecule has 0 saturated carbocycles. The zero-order valence-corrected chi connectivity index (χ0v) is 7.72. The molecule has 0 unspecified atom stereocenters. The average Bonchev–Trinajstić information content (AvgIpc) is 2.01. The smallest absolute Gasteiger partial charge is 0.269 e. The SMILES string of the molecule is CCN=C(/C=C(/C)N)C(=O)NC. The van der Waals surface area contributed by atoms with Crippen LogP contribution < -0.4 is 11.1 Å². The molecule has 0 atom stereocenters. The highest BCUT2D eigenvalue weighted by Crippen LogP contribution is 1.87. The van der Waals surface area contributed by atoms with Gasteiger partial charge >= 0.3 is 0 Å². The summed E-state index contributed by atoms with van der Waals surface area (Å²) in [5, 5.41) is 2.49. The molecule has 0 spiro atoms. The van der Waals surface area contributed by atoms with E-state index in [1.54, 1.807) is 20.0 Å². The molecular weight excluding hydrogens is 154 g/mol. The molecule has 0 aromatic carbocycles. The van der Waals surface area contributed by atoms with Crippen LogP contribution >= 0.6 is 0 Å². The van der Waals surface area contributed by atoms with Crippen LogP contribution in [-0.4, -0.2) is 25.2 Å². The Balaban J connectivity index is 4.57. The maximum absolute atomic E-state index is 11.1. The van der Waals surface area contributed by atoms with E-state index in [4.69, 9.17) is 5.73 Å². The first kappa shape index (κ1) is 10.7. The fourth-order valence-electron chi connectivity index (χ4n) is 0.697. The number of nitrogens with two attached hydrogens (primary N) is 1. The van der Waals surface area contributed by atoms with Crippen LogP contribution in [0.4, 0.5) is 0 Å². The first-order chi connectivity index (χ1) is 5.61. The molecule has 0 aliphatic rings. The van der Waals surface area contributed by atoms with Gasteiger partial charge in [0.1, 0.15) is 5.71 Å². The van der Waals surface area contributed by atoms with Crippen LogP contribution in [0.15, 0.2) is 16.8 Å². The highest BCUT2D eigenvalue weighted by molar-refractivity contribution is 6.43. The normalized spacial score (nSPS) is 12.9. The Morgan fingerprint density at radius 1 is 1.67 bits per heavy atom. The molecule has 0 aliphatic heterocycles. The lowest BCUT2D eigenvalue weighted by Gasteiger charge is -1.99. The molecule has 0 heterocycles. The second-order valence-corrected chi connectivity index (χ2v) is 2.33. The van der Waals surface area contributed by atoms with E-state index in [9.17, 15) is 4.79 Å². The molecule has 68 valence electrons. The van der Waals surface area contributed by atoms with Crippen molar-refractivity contribution in [2.45, 2.75) is 13.8 Å². The monoisotopic (exact) mass is 169 g/mol. The van der Waals surface area contributed by atoms with Crippen molar-refractivity contribution >= 4 is 11.6 Å². The molecule has 0 aromatic rings. The van der Waals surface area contributed by atoms with Gasteiger partial charge in [-0.25, -0.2) is 0 Å². The molecule has 1 amide bonds. The third-order valence-electron chi connectivity index (χ3n) is 1.15. The Labute approximate surface area is 72.6 Å². The molecule has 0 aliphatic carbocycles. The van der Waals surface area contributed by atoms with Crippen molar-refractivity contribution in [3.63, 3.8) is 0 Å². The zero-order valence-electron chi connectivity index (χ0n) is 7.72. The van der Waals surface area contributed by atoms with Crippen LogP contribution in [0.3, 0.4) is 0 Å². The van der Waals surface area contributed by atoms with Gasteiger partial charge in [0.25, 0.3) is 5.91 Å². The Kier molecular flexibility index (Phi) is 4.76. The van der Waals surface area contributed by atoms with E-state index in [-0.39, 0.29) is 5.91 Å². The summed E-state index contributed by atoms with van der Waals surface area (Å²) in [6.07, 6.45) is 1.56. The molecule has 3 N–H and O–H groups in total. The minimum atomic E-state index is -0.207. The first-order valence-electron chi connectivity index (χ1n) is 3.82. The lowest BCUT2D eigenvalue weighted by atomic mass is 10.3. The maximum Gasteiger partial charge on any atom is 0.269 e. The summed E-state index contributed by atoms with van der Waals surface area (Å²) >= 11 is 0. The predicted octanol–water partition coefficient (Wildman–Crippen LogP) is 0.0558. The van der Waals surface area contributed by atoms with Gasteiger partial charge in [-0.1, -0.05) is 0 Å². The topological polar surface area (TPSA) is 67.5 Å². The van der Waals surface area contributed by atoms with Crippen molar-refractivity contribution in [1.82, 2.24) is 5.32 Å². The summed E-state index contributed by atoms with van der Waals surface area (Å²) in [4.78, 5) is 15.1. The molecule has 0 rings (SSSR count). The van der Waals surface area contributed by atoms with Gasteiger partial charge in [-0.3, -0.25) is 9.79 Å². The van der Waals surface area contributed by atoms with E-state index >= 15 is 0 Å². The fourth-order valence-corrected chi connectivity index (χ4v) is 0.697. The molecule has 0 fully saturated rings. The number of nitrogens with one attached hydrogen (secondary N) is 1. The lowest BCUT2D eigenvalue weighted by Crippen LogP contribution is -2.27. The summed E-state index contributed by atoms with van der Waals surface area (Å²) in [5.74, 6) is -0.207. The number of hydrogen-bond donors (Lipinski definition) is 2. The van der Waals surface area contributed by atoms with Gasteiger partial charge in [-0.15, -0.1) is 0 Å². The van der Waals surface area contributed by atoms with E-state index < -0.39 is 0 Å². The average molecular weight is 169 g/mol. The third-order valence-corrected chi connectivity index (χ3v) is 1.15. The second kappa shape index (κ2) is 5.35. The van der Waals surface area contributed by atoms with Crippen LogP contribution in [0.5, 0.6) is 0 Å². The first-order valence-corrected chi connectivity index (χ1v) is 3.82. The van der Waals surface area contributed by atoms with Gasteiger partial charge in [-0.2, -0.15) is 0 Å². The number of carbonyl (C=O) groups excluding carboxylic acids is 1. The van der Waals surface area contributed by atoms with Gasteiger partial charge < -0.3 is 11.1 Å². The predicted molar refractivity (Wildman–Crippen MR) is 50.0 cm³/mol. The van der Waals surface area contributed by atoms with Gasteiger partial charge in [-0.05, 0) is 19.9 Å². The van der Waals surface area contributed by atoms with Crippen LogP contribution in [0.1, 0.15) is 13.8 Å². The van der Waals surface area contributed by atoms with Crippen LogP contribution in [0, 0.1) is 0 Å². The number of allylic oxidation sites excluding steroid dienone is 1. The van der Waals surface area contributed by atoms with Crippen molar-refractivity contribution in [3.05, 3.63) is 11.8 Å². The lowest BCUT2D eigenvalue weighted by molar-refractivity contribution is -0.114. The highest BCUT2D eigenvalue weighted by atomic mass is 16.1. The number of rotatable bonds is 3. The van der Waals surface area contributed by atoms with Crippen LogP contribution in [0.25, 0.3) is 0 Å². The summed E-state index contributed by atoms with van der Waals surface area (Å²) < 4.78 is 0. The largest absolute Gasteiger partial charge is 0.402 e. The summed E-state index contributed by atoms with van der Waals surface area (Å²) in [7, 11) is 1.56. The third kappa shape index (κ3) is 3.75. The quantitative estimate of drug-likeness (QED) is 0.586. The summed E-state index contributed by atoms with van der Waals surface area (Å²) in [6, 6.07) is 0. The van der Waals surface area contributed by atoms with Crippen molar-refractivity contribution in [3.8, 4) is 0 Å². The van der Waals surface area contributed by atoms with E-state index in [0.717, 1.165) is 0 Å². The Hall–Kier alpha value is -1.32. The number of amides is 1. The molecule has 4 nitrogen and oxygen atoms in total. The van der Waals surface area contributed by atoms with Crippen LogP contribution in [-0.2, 0) is 4.79 Å². The molecule has 4 heteroatoms. The van der Waals surface area contributed by atoms with Gasteiger partial charge in [0.05, 0.1) is 0 Å². The van der Waals surface area contributed by atoms with Crippen LogP contribution in [0.2, 0.25) is 0 Å². The van der Waals surface area contributed by atoms with E-state index in [2.05, 4.69) is 10.3 Å². The summed E-state index contributed by atoms with van der Waals surface area (Å²) in [6.45, 7) is 4.16. The highest BCUT2D eigenvalue weighted by Gasteiger charge is 2.04. The number of carbonyl (C=O) groups is 1. The van der Waals surface area contributed by atoms with E-state index in [1.807, 2.05) is 6.92 Å². The molecule has 0 aromatic heterocycles. The minimum absolute atomic E-state index is 0.207. The standard InChI is InChI=1S/C8H15N3O/c1-4-11-7(5-6(2)9)8(12)10-3/h5H,4,9H2,1-3H3,(H,10,12)/b6-5-,11-7?. The van der Waals surface area contributed by atoms with Gasteiger partial charge in [0.2, 0.25) is 0 Å². The van der Waals surface area contributed by atoms with Crippen molar-refractivity contribution in [1.29, 1.82) is 0 Å². The fraction of sp³-hybridized carbons (Fsp3) is 0.500. The Morgan fingerprint density at radius 2 is 2.25 bits per heavy atom. The number of hydrogen-bond acceptors (Lipinski definition) is 3. The van der Waals surface area contributed by atoms with E-state index in [0.29, 0.717) is 18.0 Å². The second-order valence-electron chi connectivity index (χ2n) is 2.33. The van der Waals surface area contributed by atoms with Gasteiger partial charge in [0.15, 0.2) is 0 Å². The number of aliphatic imine (C=N–C) groups is 1. The molecule has 0 bridgehead atoms. The minimum Gasteiger partial charge on any atom is -0.402 e. The summed E-state index contributed by atoms with van der Waals surface area (Å²) in [5.41, 5.74) is 6.37. The van der Waals surface area contributed by atoms with Crippen molar-refractivity contribution < 1.29 is 4.79 Å².